The van der Waals surface area contributed by atoms with E-state index < -0.39 is 0 Å². The number of nitrogens with one attached hydrogen (secondary N) is 1. The molecule has 1 aromatic rings. The number of hydrogen-bond donors (Lipinski definition) is 1. The number of ether oxygens (including phenoxy) is 1. The van der Waals surface area contributed by atoms with Gasteiger partial charge in [0.1, 0.15) is 0 Å². The maximum atomic E-state index is 6.09. The molecule has 0 amide bonds. The van der Waals surface area contributed by atoms with Crippen LogP contribution in [0.4, 0.5) is 0 Å². The summed E-state index contributed by atoms with van der Waals surface area (Å²) in [5, 5.41) is 3.66. The van der Waals surface area contributed by atoms with Gasteiger partial charge in [0, 0.05) is 0 Å². The first-order valence-corrected chi connectivity index (χ1v) is 8.29. The second-order valence-corrected chi connectivity index (χ2v) is 6.60. The molecular formula is C19H33NO. The molecule has 0 saturated carbocycles. The lowest BCUT2D eigenvalue weighted by atomic mass is 9.94. The monoisotopic (exact) mass is 291 g/mol. The Labute approximate surface area is 131 Å². The van der Waals surface area contributed by atoms with Crippen LogP contribution in [0, 0.1) is 26.7 Å². The first-order chi connectivity index (χ1) is 9.86. The lowest BCUT2D eigenvalue weighted by molar-refractivity contribution is 0.0216. The van der Waals surface area contributed by atoms with Crippen molar-refractivity contribution in [3.05, 3.63) is 34.4 Å². The molecule has 0 spiro atoms. The van der Waals surface area contributed by atoms with Gasteiger partial charge in [0.15, 0.2) is 0 Å². The summed E-state index contributed by atoms with van der Waals surface area (Å²) in [6.07, 6.45) is 1.43. The lowest BCUT2D eigenvalue weighted by Crippen LogP contribution is -2.30. The molecule has 0 bridgehead atoms. The Bertz CT molecular complexity index is 416. The number of hydrogen-bond acceptors (Lipinski definition) is 2. The maximum absolute atomic E-state index is 6.09. The zero-order chi connectivity index (χ0) is 16.0. The van der Waals surface area contributed by atoms with Gasteiger partial charge >= 0.3 is 0 Å². The molecule has 0 aliphatic heterocycles. The minimum absolute atomic E-state index is 0.284. The molecule has 0 heterocycles. The molecule has 0 aromatic heterocycles. The van der Waals surface area contributed by atoms with Gasteiger partial charge in [0.05, 0.1) is 18.8 Å². The van der Waals surface area contributed by atoms with E-state index in [4.69, 9.17) is 4.74 Å². The van der Waals surface area contributed by atoms with Gasteiger partial charge in [-0.25, -0.2) is 0 Å². The zero-order valence-electron chi connectivity index (χ0n) is 14.9. The van der Waals surface area contributed by atoms with Crippen LogP contribution in [0.5, 0.6) is 0 Å². The Morgan fingerprint density at radius 1 is 1.05 bits per heavy atom. The van der Waals surface area contributed by atoms with Gasteiger partial charge in [-0.15, -0.1) is 0 Å². The van der Waals surface area contributed by atoms with Crippen LogP contribution in [-0.4, -0.2) is 19.3 Å². The average Bonchev–Trinajstić information content (AvgIpc) is 2.39. The Balaban J connectivity index is 2.92. The molecule has 2 atom stereocenters. The van der Waals surface area contributed by atoms with Crippen LogP contribution < -0.4 is 5.32 Å². The van der Waals surface area contributed by atoms with Crippen LogP contribution in [0.1, 0.15) is 62.4 Å². The van der Waals surface area contributed by atoms with Crippen LogP contribution in [0.15, 0.2) is 12.1 Å². The van der Waals surface area contributed by atoms with Crippen molar-refractivity contribution in [2.24, 2.45) is 5.92 Å². The molecule has 1 aromatic carbocycles. The van der Waals surface area contributed by atoms with E-state index >= 15 is 0 Å². The van der Waals surface area contributed by atoms with Crippen LogP contribution in [0.3, 0.4) is 0 Å². The highest BCUT2D eigenvalue weighted by Gasteiger charge is 2.18. The second kappa shape index (κ2) is 8.55. The van der Waals surface area contributed by atoms with Gasteiger partial charge in [0.25, 0.3) is 0 Å². The third-order valence-corrected chi connectivity index (χ3v) is 4.19. The standard InChI is InChI=1S/C19H33NO/c1-8-9-20-18(12-21-17(7)13(2)3)19-15(5)10-14(4)11-16(19)6/h10-11,13,17-18,20H,8-9,12H2,1-7H3. The fourth-order valence-electron chi connectivity index (χ4n) is 2.74. The molecule has 1 N–H and O–H groups in total. The van der Waals surface area contributed by atoms with Crippen LogP contribution in [0.2, 0.25) is 0 Å². The zero-order valence-corrected chi connectivity index (χ0v) is 14.9. The van der Waals surface area contributed by atoms with Crippen molar-refractivity contribution in [3.63, 3.8) is 0 Å². The summed E-state index contributed by atoms with van der Waals surface area (Å²) in [7, 11) is 0. The Morgan fingerprint density at radius 2 is 1.62 bits per heavy atom. The number of aryl methyl sites for hydroxylation is 3. The van der Waals surface area contributed by atoms with Crippen molar-refractivity contribution in [1.82, 2.24) is 5.32 Å². The van der Waals surface area contributed by atoms with E-state index in [1.54, 1.807) is 0 Å². The Kier molecular flexibility index (Phi) is 7.41. The van der Waals surface area contributed by atoms with Gasteiger partial charge in [0.2, 0.25) is 0 Å². The molecule has 21 heavy (non-hydrogen) atoms. The van der Waals surface area contributed by atoms with Gasteiger partial charge in [-0.2, -0.15) is 0 Å². The normalized spacial score (nSPS) is 14.5. The number of benzene rings is 1. The van der Waals surface area contributed by atoms with E-state index in [2.05, 4.69) is 65.9 Å². The average molecular weight is 291 g/mol. The third-order valence-electron chi connectivity index (χ3n) is 4.19. The second-order valence-electron chi connectivity index (χ2n) is 6.60. The topological polar surface area (TPSA) is 21.3 Å². The predicted octanol–water partition coefficient (Wildman–Crippen LogP) is 4.71. The minimum atomic E-state index is 0.284. The summed E-state index contributed by atoms with van der Waals surface area (Å²) < 4.78 is 6.09. The smallest absolute Gasteiger partial charge is 0.0665 e. The SMILES string of the molecule is CCCNC(COC(C)C(C)C)c1c(C)cc(C)cc1C. The van der Waals surface area contributed by atoms with Gasteiger partial charge in [-0.1, -0.05) is 38.5 Å². The van der Waals surface area contributed by atoms with Crippen molar-refractivity contribution in [2.45, 2.75) is 67.0 Å². The molecular weight excluding hydrogens is 258 g/mol. The van der Waals surface area contributed by atoms with Crippen molar-refractivity contribution in [2.75, 3.05) is 13.2 Å². The molecule has 2 nitrogen and oxygen atoms in total. The largest absolute Gasteiger partial charge is 0.376 e. The predicted molar refractivity (Wildman–Crippen MR) is 91.9 cm³/mol. The number of rotatable bonds is 8. The highest BCUT2D eigenvalue weighted by atomic mass is 16.5. The van der Waals surface area contributed by atoms with Crippen molar-refractivity contribution in [3.8, 4) is 0 Å². The Morgan fingerprint density at radius 3 is 2.10 bits per heavy atom. The van der Waals surface area contributed by atoms with Crippen molar-refractivity contribution < 1.29 is 4.74 Å². The molecule has 0 fully saturated rings. The van der Waals surface area contributed by atoms with Crippen molar-refractivity contribution in [1.29, 1.82) is 0 Å². The summed E-state index contributed by atoms with van der Waals surface area (Å²) in [6, 6.07) is 4.83. The molecule has 0 aliphatic rings. The summed E-state index contributed by atoms with van der Waals surface area (Å²) in [6.45, 7) is 17.1. The van der Waals surface area contributed by atoms with Gasteiger partial charge in [-0.05, 0) is 63.3 Å². The summed E-state index contributed by atoms with van der Waals surface area (Å²) in [4.78, 5) is 0. The Hall–Kier alpha value is -0.860. The van der Waals surface area contributed by atoms with E-state index in [0.29, 0.717) is 12.0 Å². The van der Waals surface area contributed by atoms with Crippen LogP contribution in [0.25, 0.3) is 0 Å². The van der Waals surface area contributed by atoms with E-state index in [1.165, 1.54) is 22.3 Å². The van der Waals surface area contributed by atoms with Gasteiger partial charge < -0.3 is 10.1 Å². The van der Waals surface area contributed by atoms with E-state index in [-0.39, 0.29) is 6.04 Å². The quantitative estimate of drug-likeness (QED) is 0.748. The van der Waals surface area contributed by atoms with Crippen LogP contribution >= 0.6 is 0 Å². The molecule has 2 heteroatoms. The molecule has 0 aliphatic carbocycles. The first kappa shape index (κ1) is 18.2. The minimum Gasteiger partial charge on any atom is -0.376 e. The van der Waals surface area contributed by atoms with E-state index in [1.807, 2.05) is 0 Å². The first-order valence-electron chi connectivity index (χ1n) is 8.29. The fraction of sp³-hybridized carbons (Fsp3) is 0.684. The van der Waals surface area contributed by atoms with E-state index in [9.17, 15) is 0 Å². The fourth-order valence-corrected chi connectivity index (χ4v) is 2.74. The van der Waals surface area contributed by atoms with Crippen LogP contribution in [-0.2, 0) is 4.74 Å². The summed E-state index contributed by atoms with van der Waals surface area (Å²) in [5.74, 6) is 0.553. The third kappa shape index (κ3) is 5.44. The molecule has 2 unspecified atom stereocenters. The molecule has 0 radical (unpaired) electrons. The maximum Gasteiger partial charge on any atom is 0.0665 e. The molecule has 1 rings (SSSR count). The molecule has 0 saturated heterocycles. The highest BCUT2D eigenvalue weighted by molar-refractivity contribution is 5.39. The van der Waals surface area contributed by atoms with Crippen molar-refractivity contribution >= 4 is 0 Å². The molecule has 120 valence electrons. The highest BCUT2D eigenvalue weighted by Crippen LogP contribution is 2.25. The lowest BCUT2D eigenvalue weighted by Gasteiger charge is -2.26. The van der Waals surface area contributed by atoms with E-state index in [0.717, 1.165) is 19.6 Å². The summed E-state index contributed by atoms with van der Waals surface area (Å²) in [5.41, 5.74) is 5.47. The summed E-state index contributed by atoms with van der Waals surface area (Å²) >= 11 is 0. The van der Waals surface area contributed by atoms with Gasteiger partial charge in [-0.3, -0.25) is 0 Å².